The summed E-state index contributed by atoms with van der Waals surface area (Å²) >= 11 is 3.32. The molecule has 0 radical (unpaired) electrons. The lowest BCUT2D eigenvalue weighted by Crippen LogP contribution is -2.11. The number of hydrogen-bond donors (Lipinski definition) is 0. The Balaban J connectivity index is 2.20. The van der Waals surface area contributed by atoms with E-state index >= 15 is 0 Å². The zero-order valence-corrected chi connectivity index (χ0v) is 13.9. The second-order valence-electron chi connectivity index (χ2n) is 4.65. The van der Waals surface area contributed by atoms with Crippen LogP contribution in [0.1, 0.15) is 16.1 Å². The number of hydrogen-bond acceptors (Lipinski definition) is 3. The van der Waals surface area contributed by atoms with Crippen LogP contribution < -0.4 is 0 Å². The molecule has 0 spiro atoms. The lowest BCUT2D eigenvalue weighted by Gasteiger charge is -2.04. The molecular weight excluding hydrogens is 428 g/mol. The monoisotopic (exact) mass is 436 g/mol. The molecule has 2 aromatic heterocycles. The summed E-state index contributed by atoms with van der Waals surface area (Å²) in [6.45, 7) is 0. The summed E-state index contributed by atoms with van der Waals surface area (Å²) in [6, 6.07) is 5.26. The molecule has 1 aromatic carbocycles. The van der Waals surface area contributed by atoms with Gasteiger partial charge >= 0.3 is 6.18 Å². The SMILES string of the molecule is O=Cc1csc(-n2cc(CC(F)(F)F)c3ccc(I)cc32)n1. The van der Waals surface area contributed by atoms with E-state index in [2.05, 4.69) is 27.6 Å². The van der Waals surface area contributed by atoms with Crippen LogP contribution >= 0.6 is 33.9 Å². The Labute approximate surface area is 140 Å². The van der Waals surface area contributed by atoms with E-state index in [1.165, 1.54) is 17.5 Å². The molecule has 0 unspecified atom stereocenters. The number of thiazole rings is 1. The molecule has 0 aliphatic carbocycles. The average molecular weight is 436 g/mol. The highest BCUT2D eigenvalue weighted by Crippen LogP contribution is 2.31. The maximum atomic E-state index is 12.7. The van der Waals surface area contributed by atoms with Crippen molar-refractivity contribution in [3.05, 3.63) is 44.6 Å². The van der Waals surface area contributed by atoms with Crippen molar-refractivity contribution in [1.29, 1.82) is 0 Å². The number of aromatic nitrogens is 2. The van der Waals surface area contributed by atoms with Crippen LogP contribution in [0.5, 0.6) is 0 Å². The minimum absolute atomic E-state index is 0.196. The van der Waals surface area contributed by atoms with Crippen LogP contribution in [0, 0.1) is 3.57 Å². The van der Waals surface area contributed by atoms with Crippen molar-refractivity contribution in [3.8, 4) is 5.13 Å². The maximum absolute atomic E-state index is 12.7. The van der Waals surface area contributed by atoms with Crippen LogP contribution in [0.3, 0.4) is 0 Å². The quantitative estimate of drug-likeness (QED) is 0.444. The highest BCUT2D eigenvalue weighted by Gasteiger charge is 2.29. The molecule has 0 amide bonds. The van der Waals surface area contributed by atoms with Crippen molar-refractivity contribution >= 4 is 51.1 Å². The predicted molar refractivity (Wildman–Crippen MR) is 86.8 cm³/mol. The number of alkyl halides is 3. The number of carbonyl (C=O) groups excluding carboxylic acids is 1. The molecule has 0 saturated heterocycles. The van der Waals surface area contributed by atoms with Gasteiger partial charge in [-0.3, -0.25) is 9.36 Å². The molecule has 0 aliphatic heterocycles. The number of fused-ring (bicyclic) bond motifs is 1. The van der Waals surface area contributed by atoms with Crippen LogP contribution in [0.25, 0.3) is 16.0 Å². The minimum Gasteiger partial charge on any atom is -0.296 e. The zero-order chi connectivity index (χ0) is 15.9. The van der Waals surface area contributed by atoms with Crippen molar-refractivity contribution in [1.82, 2.24) is 9.55 Å². The Bertz CT molecular complexity index is 854. The first kappa shape index (κ1) is 15.5. The van der Waals surface area contributed by atoms with Crippen molar-refractivity contribution in [2.24, 2.45) is 0 Å². The summed E-state index contributed by atoms with van der Waals surface area (Å²) in [4.78, 5) is 14.9. The van der Waals surface area contributed by atoms with Gasteiger partial charge in [-0.25, -0.2) is 4.98 Å². The molecule has 22 heavy (non-hydrogen) atoms. The Morgan fingerprint density at radius 1 is 1.36 bits per heavy atom. The topological polar surface area (TPSA) is 34.9 Å². The van der Waals surface area contributed by atoms with Gasteiger partial charge in [0.1, 0.15) is 5.69 Å². The third-order valence-electron chi connectivity index (χ3n) is 3.08. The van der Waals surface area contributed by atoms with Crippen LogP contribution in [-0.2, 0) is 6.42 Å². The molecule has 0 fully saturated rings. The summed E-state index contributed by atoms with van der Waals surface area (Å²) in [6.07, 6.45) is -3.21. The number of halogens is 4. The first-order chi connectivity index (χ1) is 10.4. The van der Waals surface area contributed by atoms with E-state index in [1.807, 2.05) is 0 Å². The molecule has 114 valence electrons. The lowest BCUT2D eigenvalue weighted by atomic mass is 10.1. The van der Waals surface area contributed by atoms with Gasteiger partial charge < -0.3 is 0 Å². The molecule has 2 heterocycles. The van der Waals surface area contributed by atoms with Crippen molar-refractivity contribution in [3.63, 3.8) is 0 Å². The standard InChI is InChI=1S/C14H8F3IN2OS/c15-14(16,17)4-8-5-20(13-19-10(6-21)7-22-13)12-3-9(18)1-2-11(8)12/h1-3,5-7H,4H2. The molecule has 3 nitrogen and oxygen atoms in total. The van der Waals surface area contributed by atoms with E-state index in [0.717, 1.165) is 3.57 Å². The Morgan fingerprint density at radius 3 is 2.77 bits per heavy atom. The van der Waals surface area contributed by atoms with Crippen molar-refractivity contribution < 1.29 is 18.0 Å². The van der Waals surface area contributed by atoms with Gasteiger partial charge in [0.2, 0.25) is 0 Å². The summed E-state index contributed by atoms with van der Waals surface area (Å²) in [7, 11) is 0. The largest absolute Gasteiger partial charge is 0.393 e. The van der Waals surface area contributed by atoms with E-state index in [0.29, 0.717) is 22.3 Å². The van der Waals surface area contributed by atoms with E-state index < -0.39 is 12.6 Å². The maximum Gasteiger partial charge on any atom is 0.393 e. The Kier molecular flexibility index (Phi) is 3.98. The van der Waals surface area contributed by atoms with Gasteiger partial charge in [-0.1, -0.05) is 6.07 Å². The minimum atomic E-state index is -4.28. The summed E-state index contributed by atoms with van der Waals surface area (Å²) in [5.74, 6) is 0. The highest BCUT2D eigenvalue weighted by atomic mass is 127. The normalized spacial score (nSPS) is 12.0. The predicted octanol–water partition coefficient (Wildman–Crippen LogP) is 4.61. The zero-order valence-electron chi connectivity index (χ0n) is 10.9. The van der Waals surface area contributed by atoms with E-state index in [4.69, 9.17) is 0 Å². The van der Waals surface area contributed by atoms with Gasteiger partial charge in [-0.2, -0.15) is 13.2 Å². The van der Waals surface area contributed by atoms with Gasteiger partial charge in [0, 0.05) is 20.5 Å². The fourth-order valence-electron chi connectivity index (χ4n) is 2.23. The van der Waals surface area contributed by atoms with Crippen LogP contribution in [0.2, 0.25) is 0 Å². The molecular formula is C14H8F3IN2OS. The third kappa shape index (κ3) is 3.02. The summed E-state index contributed by atoms with van der Waals surface area (Å²) in [5, 5.41) is 2.59. The van der Waals surface area contributed by atoms with Gasteiger partial charge in [0.15, 0.2) is 11.4 Å². The molecule has 0 aliphatic rings. The van der Waals surface area contributed by atoms with Crippen molar-refractivity contribution in [2.45, 2.75) is 12.6 Å². The molecule has 0 N–H and O–H groups in total. The van der Waals surface area contributed by atoms with Gasteiger partial charge in [0.05, 0.1) is 11.9 Å². The third-order valence-corrected chi connectivity index (χ3v) is 4.61. The molecule has 0 bridgehead atoms. The number of nitrogens with zero attached hydrogens (tertiary/aromatic N) is 2. The van der Waals surface area contributed by atoms with Crippen molar-refractivity contribution in [2.75, 3.05) is 0 Å². The summed E-state index contributed by atoms with van der Waals surface area (Å²) < 4.78 is 40.8. The molecule has 0 saturated carbocycles. The van der Waals surface area contributed by atoms with Gasteiger partial charge in [0.25, 0.3) is 0 Å². The van der Waals surface area contributed by atoms with Gasteiger partial charge in [-0.05, 0) is 40.3 Å². The van der Waals surface area contributed by atoms with E-state index in [1.54, 1.807) is 28.1 Å². The molecule has 8 heteroatoms. The first-order valence-electron chi connectivity index (χ1n) is 6.15. The van der Waals surface area contributed by atoms with Crippen LogP contribution in [-0.4, -0.2) is 22.0 Å². The van der Waals surface area contributed by atoms with Crippen LogP contribution in [0.4, 0.5) is 13.2 Å². The fraction of sp³-hybridized carbons (Fsp3) is 0.143. The first-order valence-corrected chi connectivity index (χ1v) is 8.10. The smallest absolute Gasteiger partial charge is 0.296 e. The second kappa shape index (κ2) is 5.65. The number of rotatable bonds is 3. The van der Waals surface area contributed by atoms with Gasteiger partial charge in [-0.15, -0.1) is 11.3 Å². The second-order valence-corrected chi connectivity index (χ2v) is 6.73. The Morgan fingerprint density at radius 2 is 2.14 bits per heavy atom. The molecule has 3 rings (SSSR count). The molecule has 0 atom stereocenters. The van der Waals surface area contributed by atoms with Crippen LogP contribution in [0.15, 0.2) is 29.8 Å². The lowest BCUT2D eigenvalue weighted by molar-refractivity contribution is -0.127. The highest BCUT2D eigenvalue weighted by molar-refractivity contribution is 14.1. The van der Waals surface area contributed by atoms with E-state index in [9.17, 15) is 18.0 Å². The number of aldehydes is 1. The summed E-state index contributed by atoms with van der Waals surface area (Å²) in [5.41, 5.74) is 1.12. The number of carbonyl (C=O) groups is 1. The van der Waals surface area contributed by atoms with E-state index in [-0.39, 0.29) is 11.3 Å². The Hall–Kier alpha value is -1.42. The average Bonchev–Trinajstić information content (AvgIpc) is 3.02. The number of benzene rings is 1. The fourth-order valence-corrected chi connectivity index (χ4v) is 3.46. The molecule has 3 aromatic rings.